The summed E-state index contributed by atoms with van der Waals surface area (Å²) in [6.07, 6.45) is 2.72. The normalized spacial score (nSPS) is 24.0. The number of rotatable bonds is 13. The van der Waals surface area contributed by atoms with Crippen molar-refractivity contribution in [2.45, 2.75) is 56.0 Å². The van der Waals surface area contributed by atoms with Gasteiger partial charge in [-0.2, -0.15) is 0 Å². The lowest BCUT2D eigenvalue weighted by atomic mass is 9.85. The van der Waals surface area contributed by atoms with Gasteiger partial charge in [-0.15, -0.1) is 0 Å². The van der Waals surface area contributed by atoms with Crippen LogP contribution in [-0.4, -0.2) is 96.3 Å². The molecule has 0 bridgehead atoms. The molecule has 3 aliphatic rings. The Morgan fingerprint density at radius 2 is 1.76 bits per heavy atom. The third kappa shape index (κ3) is 7.91. The van der Waals surface area contributed by atoms with Crippen LogP contribution in [-0.2, 0) is 25.6 Å². The quantitative estimate of drug-likeness (QED) is 0.351. The molecule has 1 unspecified atom stereocenters. The SMILES string of the molecule is COCCCN1CCOc2ccc(CO[C@H]3CNC[C@@H](OCCC4(O)CCOCC4)C3c3ccc(OC)cc3)cc21. The highest BCUT2D eigenvalue weighted by Crippen LogP contribution is 2.35. The molecule has 3 atom stereocenters. The fourth-order valence-electron chi connectivity index (χ4n) is 6.09. The van der Waals surface area contributed by atoms with Crippen LogP contribution in [0.25, 0.3) is 0 Å². The molecule has 3 aliphatic heterocycles. The second-order valence-electron chi connectivity index (χ2n) is 11.3. The molecular formula is C32H46N2O7. The number of piperidine rings is 1. The molecule has 0 saturated carbocycles. The Morgan fingerprint density at radius 1 is 0.976 bits per heavy atom. The Hall–Kier alpha value is -2.40. The molecule has 9 heteroatoms. The number of anilines is 1. The maximum atomic E-state index is 10.9. The molecular weight excluding hydrogens is 524 g/mol. The summed E-state index contributed by atoms with van der Waals surface area (Å²) in [6, 6.07) is 14.6. The van der Waals surface area contributed by atoms with Crippen molar-refractivity contribution < 1.29 is 33.5 Å². The molecule has 2 saturated heterocycles. The Kier molecular flexibility index (Phi) is 10.8. The predicted octanol–water partition coefficient (Wildman–Crippen LogP) is 3.52. The molecule has 9 nitrogen and oxygen atoms in total. The van der Waals surface area contributed by atoms with E-state index in [1.165, 1.54) is 0 Å². The Morgan fingerprint density at radius 3 is 2.51 bits per heavy atom. The monoisotopic (exact) mass is 570 g/mol. The lowest BCUT2D eigenvalue weighted by molar-refractivity contribution is -0.0987. The number of nitrogens with one attached hydrogen (secondary N) is 1. The predicted molar refractivity (Wildman–Crippen MR) is 157 cm³/mol. The molecule has 0 aliphatic carbocycles. The Balaban J connectivity index is 1.27. The fraction of sp³-hybridized carbons (Fsp3) is 0.625. The summed E-state index contributed by atoms with van der Waals surface area (Å²) in [4.78, 5) is 2.37. The smallest absolute Gasteiger partial charge is 0.142 e. The number of hydrogen-bond donors (Lipinski definition) is 2. The molecule has 0 radical (unpaired) electrons. The molecule has 2 aromatic rings. The number of nitrogens with zero attached hydrogens (tertiary/aromatic N) is 1. The number of hydrogen-bond acceptors (Lipinski definition) is 9. The summed E-state index contributed by atoms with van der Waals surface area (Å²) in [7, 11) is 3.42. The van der Waals surface area contributed by atoms with Crippen LogP contribution >= 0.6 is 0 Å². The molecule has 0 aromatic heterocycles. The molecule has 5 rings (SSSR count). The van der Waals surface area contributed by atoms with Crippen molar-refractivity contribution in [2.75, 3.05) is 78.3 Å². The average molecular weight is 571 g/mol. The van der Waals surface area contributed by atoms with Crippen LogP contribution in [0.2, 0.25) is 0 Å². The van der Waals surface area contributed by atoms with Gasteiger partial charge < -0.3 is 43.7 Å². The first-order valence-electron chi connectivity index (χ1n) is 15.0. The molecule has 2 aromatic carbocycles. The number of aliphatic hydroxyl groups is 1. The van der Waals surface area contributed by atoms with Gasteiger partial charge in [0.15, 0.2) is 0 Å². The van der Waals surface area contributed by atoms with E-state index in [4.69, 9.17) is 28.4 Å². The highest BCUT2D eigenvalue weighted by Gasteiger charge is 2.37. The first-order chi connectivity index (χ1) is 20.1. The van der Waals surface area contributed by atoms with Crippen molar-refractivity contribution in [3.8, 4) is 11.5 Å². The Bertz CT molecular complexity index is 1080. The van der Waals surface area contributed by atoms with Crippen LogP contribution < -0.4 is 19.7 Å². The summed E-state index contributed by atoms with van der Waals surface area (Å²) in [5.74, 6) is 1.79. The van der Waals surface area contributed by atoms with Gasteiger partial charge in [0.2, 0.25) is 0 Å². The van der Waals surface area contributed by atoms with Gasteiger partial charge in [-0.25, -0.2) is 0 Å². The summed E-state index contributed by atoms with van der Waals surface area (Å²) < 4.78 is 35.2. The van der Waals surface area contributed by atoms with E-state index in [1.54, 1.807) is 14.2 Å². The average Bonchev–Trinajstić information content (AvgIpc) is 3.00. The molecule has 41 heavy (non-hydrogen) atoms. The van der Waals surface area contributed by atoms with E-state index in [0.29, 0.717) is 52.3 Å². The van der Waals surface area contributed by atoms with Gasteiger partial charge in [0, 0.05) is 59.1 Å². The van der Waals surface area contributed by atoms with Crippen molar-refractivity contribution in [2.24, 2.45) is 0 Å². The maximum absolute atomic E-state index is 10.9. The van der Waals surface area contributed by atoms with Crippen LogP contribution in [0, 0.1) is 0 Å². The van der Waals surface area contributed by atoms with Gasteiger partial charge in [-0.05, 0) is 61.1 Å². The molecule has 3 heterocycles. The first kappa shape index (κ1) is 30.1. The van der Waals surface area contributed by atoms with E-state index in [9.17, 15) is 5.11 Å². The zero-order valence-electron chi connectivity index (χ0n) is 24.5. The largest absolute Gasteiger partial charge is 0.497 e. The van der Waals surface area contributed by atoms with Crippen LogP contribution in [0.1, 0.15) is 42.7 Å². The summed E-state index contributed by atoms with van der Waals surface area (Å²) in [6.45, 7) is 6.89. The van der Waals surface area contributed by atoms with Crippen molar-refractivity contribution in [1.82, 2.24) is 5.32 Å². The zero-order chi connectivity index (χ0) is 28.5. The van der Waals surface area contributed by atoms with Crippen LogP contribution in [0.4, 0.5) is 5.69 Å². The van der Waals surface area contributed by atoms with E-state index >= 15 is 0 Å². The van der Waals surface area contributed by atoms with Crippen molar-refractivity contribution in [3.63, 3.8) is 0 Å². The van der Waals surface area contributed by atoms with Gasteiger partial charge in [0.05, 0.1) is 43.8 Å². The summed E-state index contributed by atoms with van der Waals surface area (Å²) in [5.41, 5.74) is 2.69. The maximum Gasteiger partial charge on any atom is 0.142 e. The minimum absolute atomic E-state index is 0.0398. The topological polar surface area (TPSA) is 90.9 Å². The molecule has 2 N–H and O–H groups in total. The second kappa shape index (κ2) is 14.7. The number of fused-ring (bicyclic) bond motifs is 1. The van der Waals surface area contributed by atoms with E-state index in [0.717, 1.165) is 67.5 Å². The minimum atomic E-state index is -0.709. The highest BCUT2D eigenvalue weighted by molar-refractivity contribution is 5.61. The lowest BCUT2D eigenvalue weighted by Crippen LogP contribution is -2.51. The zero-order valence-corrected chi connectivity index (χ0v) is 24.5. The van der Waals surface area contributed by atoms with E-state index in [2.05, 4.69) is 40.5 Å². The number of ether oxygens (including phenoxy) is 6. The van der Waals surface area contributed by atoms with E-state index < -0.39 is 5.60 Å². The van der Waals surface area contributed by atoms with Crippen LogP contribution in [0.3, 0.4) is 0 Å². The van der Waals surface area contributed by atoms with Crippen LogP contribution in [0.5, 0.6) is 11.5 Å². The van der Waals surface area contributed by atoms with Gasteiger partial charge in [-0.1, -0.05) is 18.2 Å². The summed E-state index contributed by atoms with van der Waals surface area (Å²) in [5, 5.41) is 14.5. The Labute approximate surface area is 244 Å². The third-order valence-corrected chi connectivity index (χ3v) is 8.54. The fourth-order valence-corrected chi connectivity index (χ4v) is 6.09. The van der Waals surface area contributed by atoms with Crippen LogP contribution in [0.15, 0.2) is 42.5 Å². The molecule has 226 valence electrons. The van der Waals surface area contributed by atoms with E-state index in [1.807, 2.05) is 12.1 Å². The standard InChI is InChI=1S/C32H46N2O7/c1-36-15-3-13-34-14-19-40-28-9-4-24(20-27(28)34)23-41-30-22-33-21-29(31(30)25-5-7-26(37-2)8-6-25)39-18-12-32(35)10-16-38-17-11-32/h4-9,20,29-31,33,35H,3,10-19,21-23H2,1-2H3/t29-,30+,31?/m1/s1. The third-order valence-electron chi connectivity index (χ3n) is 8.54. The van der Waals surface area contributed by atoms with Gasteiger partial charge in [-0.3, -0.25) is 0 Å². The second-order valence-corrected chi connectivity index (χ2v) is 11.3. The minimum Gasteiger partial charge on any atom is -0.497 e. The van der Waals surface area contributed by atoms with E-state index in [-0.39, 0.29) is 18.1 Å². The van der Waals surface area contributed by atoms with Crippen molar-refractivity contribution >= 4 is 5.69 Å². The van der Waals surface area contributed by atoms with Gasteiger partial charge in [0.25, 0.3) is 0 Å². The molecule has 0 spiro atoms. The first-order valence-corrected chi connectivity index (χ1v) is 15.0. The van der Waals surface area contributed by atoms with Crippen molar-refractivity contribution in [3.05, 3.63) is 53.6 Å². The number of methoxy groups -OCH3 is 2. The lowest BCUT2D eigenvalue weighted by Gasteiger charge is -2.39. The van der Waals surface area contributed by atoms with Crippen molar-refractivity contribution in [1.29, 1.82) is 0 Å². The number of benzene rings is 2. The molecule has 2 fully saturated rings. The highest BCUT2D eigenvalue weighted by atomic mass is 16.5. The van der Waals surface area contributed by atoms with Gasteiger partial charge in [0.1, 0.15) is 18.1 Å². The van der Waals surface area contributed by atoms with Gasteiger partial charge >= 0.3 is 0 Å². The summed E-state index contributed by atoms with van der Waals surface area (Å²) >= 11 is 0. The molecule has 0 amide bonds.